The Morgan fingerprint density at radius 1 is 1.16 bits per heavy atom. The summed E-state index contributed by atoms with van der Waals surface area (Å²) >= 11 is 0. The number of carbonyl (C=O) groups excluding carboxylic acids is 2. The first kappa shape index (κ1) is 17.1. The second-order valence-electron chi connectivity index (χ2n) is 6.55. The molecule has 2 aromatic rings. The Hall–Kier alpha value is -2.69. The number of hydrogen-bond donors (Lipinski definition) is 1. The van der Waals surface area contributed by atoms with Gasteiger partial charge in [-0.05, 0) is 47.9 Å². The van der Waals surface area contributed by atoms with Crippen LogP contribution in [0.15, 0.2) is 42.5 Å². The van der Waals surface area contributed by atoms with Gasteiger partial charge in [-0.1, -0.05) is 26.0 Å². The fraction of sp³-hybridized carbons (Fsp3) is 0.300. The van der Waals surface area contributed by atoms with E-state index in [1.807, 2.05) is 32.0 Å². The molecule has 0 saturated carbocycles. The molecule has 1 N–H and O–H groups in total. The van der Waals surface area contributed by atoms with Gasteiger partial charge in [-0.15, -0.1) is 0 Å². The van der Waals surface area contributed by atoms with E-state index < -0.39 is 0 Å². The van der Waals surface area contributed by atoms with Crippen LogP contribution in [0.4, 0.5) is 10.1 Å². The van der Waals surface area contributed by atoms with E-state index in [0.29, 0.717) is 18.7 Å². The monoisotopic (exact) mass is 340 g/mol. The zero-order valence-electron chi connectivity index (χ0n) is 14.4. The van der Waals surface area contributed by atoms with E-state index in [4.69, 9.17) is 0 Å². The van der Waals surface area contributed by atoms with E-state index in [9.17, 15) is 14.0 Å². The normalized spacial score (nSPS) is 13.0. The molecular weight excluding hydrogens is 319 g/mol. The quantitative estimate of drug-likeness (QED) is 0.928. The first-order valence-electron chi connectivity index (χ1n) is 8.42. The fourth-order valence-corrected chi connectivity index (χ4v) is 2.92. The van der Waals surface area contributed by atoms with Gasteiger partial charge < -0.3 is 10.2 Å². The fourth-order valence-electron chi connectivity index (χ4n) is 2.92. The van der Waals surface area contributed by atoms with Crippen LogP contribution < -0.4 is 10.2 Å². The third kappa shape index (κ3) is 3.71. The van der Waals surface area contributed by atoms with E-state index in [1.165, 1.54) is 24.3 Å². The van der Waals surface area contributed by atoms with Crippen molar-refractivity contribution in [2.45, 2.75) is 26.8 Å². The minimum Gasteiger partial charge on any atom is -0.352 e. The van der Waals surface area contributed by atoms with Crippen LogP contribution in [-0.4, -0.2) is 18.4 Å². The maximum Gasteiger partial charge on any atom is 0.258 e. The van der Waals surface area contributed by atoms with Crippen LogP contribution in [0.2, 0.25) is 0 Å². The summed E-state index contributed by atoms with van der Waals surface area (Å²) in [5.41, 5.74) is 3.46. The highest BCUT2D eigenvalue weighted by atomic mass is 19.1. The van der Waals surface area contributed by atoms with Crippen LogP contribution >= 0.6 is 0 Å². The molecule has 25 heavy (non-hydrogen) atoms. The molecule has 0 atom stereocenters. The second kappa shape index (κ2) is 7.05. The minimum atomic E-state index is -0.355. The molecule has 5 heteroatoms. The summed E-state index contributed by atoms with van der Waals surface area (Å²) in [5, 5.41) is 2.90. The Morgan fingerprint density at radius 2 is 1.88 bits per heavy atom. The number of anilines is 1. The number of fused-ring (bicyclic) bond motifs is 1. The zero-order chi connectivity index (χ0) is 18.0. The molecule has 1 aliphatic heterocycles. The molecule has 1 heterocycles. The average molecular weight is 340 g/mol. The van der Waals surface area contributed by atoms with Gasteiger partial charge in [-0.25, -0.2) is 4.39 Å². The number of carbonyl (C=O) groups is 2. The molecule has 130 valence electrons. The lowest BCUT2D eigenvalue weighted by atomic mass is 10.1. The smallest absolute Gasteiger partial charge is 0.258 e. The van der Waals surface area contributed by atoms with Crippen molar-refractivity contribution in [2.24, 2.45) is 5.92 Å². The molecule has 0 aromatic heterocycles. The SMILES string of the molecule is CC(C)C(=O)NCc1ccc2c(c1)CCN2C(=O)c1ccc(F)cc1. The molecule has 0 radical (unpaired) electrons. The summed E-state index contributed by atoms with van der Waals surface area (Å²) in [5.74, 6) is -0.502. The van der Waals surface area contributed by atoms with Crippen LogP contribution in [0.1, 0.15) is 35.3 Å². The highest BCUT2D eigenvalue weighted by molar-refractivity contribution is 6.07. The molecule has 0 unspecified atom stereocenters. The Kier molecular flexibility index (Phi) is 4.83. The summed E-state index contributed by atoms with van der Waals surface area (Å²) in [6.07, 6.45) is 0.772. The van der Waals surface area contributed by atoms with Gasteiger partial charge in [-0.2, -0.15) is 0 Å². The van der Waals surface area contributed by atoms with Crippen LogP contribution in [0, 0.1) is 11.7 Å². The highest BCUT2D eigenvalue weighted by Crippen LogP contribution is 2.30. The van der Waals surface area contributed by atoms with Crippen molar-refractivity contribution >= 4 is 17.5 Å². The Morgan fingerprint density at radius 3 is 2.56 bits per heavy atom. The van der Waals surface area contributed by atoms with Crippen molar-refractivity contribution in [3.8, 4) is 0 Å². The lowest BCUT2D eigenvalue weighted by Gasteiger charge is -2.18. The largest absolute Gasteiger partial charge is 0.352 e. The van der Waals surface area contributed by atoms with Gasteiger partial charge in [0.25, 0.3) is 5.91 Å². The summed E-state index contributed by atoms with van der Waals surface area (Å²) in [7, 11) is 0. The van der Waals surface area contributed by atoms with Gasteiger partial charge >= 0.3 is 0 Å². The lowest BCUT2D eigenvalue weighted by molar-refractivity contribution is -0.124. The van der Waals surface area contributed by atoms with Crippen molar-refractivity contribution < 1.29 is 14.0 Å². The van der Waals surface area contributed by atoms with Crippen LogP contribution in [0.5, 0.6) is 0 Å². The second-order valence-corrected chi connectivity index (χ2v) is 6.55. The molecule has 3 rings (SSSR count). The van der Waals surface area contributed by atoms with Gasteiger partial charge in [-0.3, -0.25) is 9.59 Å². The Balaban J connectivity index is 1.74. The summed E-state index contributed by atoms with van der Waals surface area (Å²) in [4.78, 5) is 26.0. The van der Waals surface area contributed by atoms with E-state index in [2.05, 4.69) is 5.32 Å². The van der Waals surface area contributed by atoms with Crippen molar-refractivity contribution in [2.75, 3.05) is 11.4 Å². The van der Waals surface area contributed by atoms with Crippen molar-refractivity contribution in [1.29, 1.82) is 0 Å². The number of benzene rings is 2. The highest BCUT2D eigenvalue weighted by Gasteiger charge is 2.25. The molecule has 1 aliphatic rings. The molecule has 0 spiro atoms. The first-order valence-corrected chi connectivity index (χ1v) is 8.42. The summed E-state index contributed by atoms with van der Waals surface area (Å²) in [6, 6.07) is 11.5. The zero-order valence-corrected chi connectivity index (χ0v) is 14.4. The lowest BCUT2D eigenvalue weighted by Crippen LogP contribution is -2.29. The topological polar surface area (TPSA) is 49.4 Å². The van der Waals surface area contributed by atoms with Gasteiger partial charge in [0, 0.05) is 30.3 Å². The van der Waals surface area contributed by atoms with E-state index in [0.717, 1.165) is 23.2 Å². The van der Waals surface area contributed by atoms with E-state index in [-0.39, 0.29) is 23.5 Å². The van der Waals surface area contributed by atoms with E-state index in [1.54, 1.807) is 4.90 Å². The van der Waals surface area contributed by atoms with Gasteiger partial charge in [0.1, 0.15) is 5.82 Å². The number of halogens is 1. The summed E-state index contributed by atoms with van der Waals surface area (Å²) in [6.45, 7) is 4.80. The van der Waals surface area contributed by atoms with Crippen LogP contribution in [-0.2, 0) is 17.8 Å². The molecule has 0 fully saturated rings. The number of amides is 2. The maximum absolute atomic E-state index is 13.0. The van der Waals surface area contributed by atoms with Crippen molar-refractivity contribution in [3.63, 3.8) is 0 Å². The Labute approximate surface area is 146 Å². The predicted octanol–water partition coefficient (Wildman–Crippen LogP) is 3.30. The first-order chi connectivity index (χ1) is 12.0. The third-order valence-electron chi connectivity index (χ3n) is 4.37. The molecule has 2 amide bonds. The van der Waals surface area contributed by atoms with Crippen LogP contribution in [0.25, 0.3) is 0 Å². The summed E-state index contributed by atoms with van der Waals surface area (Å²) < 4.78 is 13.0. The van der Waals surface area contributed by atoms with Crippen LogP contribution in [0.3, 0.4) is 0 Å². The molecule has 0 aliphatic carbocycles. The predicted molar refractivity (Wildman–Crippen MR) is 94.9 cm³/mol. The number of nitrogens with zero attached hydrogens (tertiary/aromatic N) is 1. The van der Waals surface area contributed by atoms with Gasteiger partial charge in [0.05, 0.1) is 0 Å². The molecular formula is C20H21FN2O2. The van der Waals surface area contributed by atoms with Gasteiger partial charge in [0.2, 0.25) is 5.91 Å². The number of rotatable bonds is 4. The van der Waals surface area contributed by atoms with Crippen molar-refractivity contribution in [3.05, 3.63) is 65.0 Å². The average Bonchev–Trinajstić information content (AvgIpc) is 3.02. The molecule has 0 bridgehead atoms. The molecule has 4 nitrogen and oxygen atoms in total. The van der Waals surface area contributed by atoms with E-state index >= 15 is 0 Å². The minimum absolute atomic E-state index is 0.0219. The maximum atomic E-state index is 13.0. The standard InChI is InChI=1S/C20H21FN2O2/c1-13(2)19(24)22-12-14-3-8-18-16(11-14)9-10-23(18)20(25)15-4-6-17(21)7-5-15/h3-8,11,13H,9-10,12H2,1-2H3,(H,22,24). The Bertz CT molecular complexity index is 800. The van der Waals surface area contributed by atoms with Gasteiger partial charge in [0.15, 0.2) is 0 Å². The third-order valence-corrected chi connectivity index (χ3v) is 4.37. The van der Waals surface area contributed by atoms with Crippen molar-refractivity contribution in [1.82, 2.24) is 5.32 Å². The molecule has 2 aromatic carbocycles. The molecule has 0 saturated heterocycles. The number of nitrogens with one attached hydrogen (secondary N) is 1. The number of hydrogen-bond acceptors (Lipinski definition) is 2.